The predicted octanol–water partition coefficient (Wildman–Crippen LogP) is 3.53. The van der Waals surface area contributed by atoms with E-state index in [1.807, 2.05) is 18.2 Å². The van der Waals surface area contributed by atoms with Gasteiger partial charge in [-0.2, -0.15) is 0 Å². The summed E-state index contributed by atoms with van der Waals surface area (Å²) in [6.45, 7) is 0. The van der Waals surface area contributed by atoms with E-state index in [1.165, 1.54) is 6.21 Å². The number of benzene rings is 1. The Kier molecular flexibility index (Phi) is 3.49. The Bertz CT molecular complexity index is 548. The Labute approximate surface area is 107 Å². The minimum atomic E-state index is 0.479. The fraction of sp³-hybridized carbons (Fsp3) is 0.0833. The zero-order valence-corrected chi connectivity index (χ0v) is 10.6. The topological polar surface area (TPSA) is 55.0 Å². The van der Waals surface area contributed by atoms with Gasteiger partial charge in [-0.3, -0.25) is 0 Å². The summed E-state index contributed by atoms with van der Waals surface area (Å²) in [5, 5.41) is 11.3. The highest BCUT2D eigenvalue weighted by atomic mass is 79.9. The highest BCUT2D eigenvalue weighted by Gasteiger charge is 2.10. The largest absolute Gasteiger partial charge is 0.496 e. The molecule has 0 aliphatic heterocycles. The molecule has 1 aromatic heterocycles. The molecule has 0 aliphatic rings. The second-order valence-corrected chi connectivity index (χ2v) is 4.21. The molecule has 17 heavy (non-hydrogen) atoms. The van der Waals surface area contributed by atoms with Crippen LogP contribution in [-0.4, -0.2) is 18.5 Å². The number of furan rings is 1. The van der Waals surface area contributed by atoms with E-state index in [4.69, 9.17) is 14.4 Å². The van der Waals surface area contributed by atoms with Crippen LogP contribution in [-0.2, 0) is 0 Å². The molecular formula is C12H10BrNO3. The van der Waals surface area contributed by atoms with Crippen LogP contribution in [0.1, 0.15) is 5.76 Å². The van der Waals surface area contributed by atoms with Crippen molar-refractivity contribution in [1.29, 1.82) is 0 Å². The molecular weight excluding hydrogens is 286 g/mol. The van der Waals surface area contributed by atoms with Crippen molar-refractivity contribution < 1.29 is 14.4 Å². The maximum absolute atomic E-state index is 8.42. The summed E-state index contributed by atoms with van der Waals surface area (Å²) in [5.41, 5.74) is 0.841. The SMILES string of the molecule is COc1cc(Br)ccc1-c1ccc(/C=N\O)o1. The Morgan fingerprint density at radius 3 is 2.88 bits per heavy atom. The first-order valence-electron chi connectivity index (χ1n) is 4.86. The fourth-order valence-corrected chi connectivity index (χ4v) is 1.83. The first-order chi connectivity index (χ1) is 8.24. The van der Waals surface area contributed by atoms with Crippen LogP contribution < -0.4 is 4.74 Å². The van der Waals surface area contributed by atoms with Gasteiger partial charge in [-0.05, 0) is 30.3 Å². The van der Waals surface area contributed by atoms with Crippen LogP contribution in [0.2, 0.25) is 0 Å². The van der Waals surface area contributed by atoms with E-state index < -0.39 is 0 Å². The van der Waals surface area contributed by atoms with Crippen molar-refractivity contribution in [2.75, 3.05) is 7.11 Å². The maximum atomic E-state index is 8.42. The minimum absolute atomic E-state index is 0.479. The number of oxime groups is 1. The molecule has 4 nitrogen and oxygen atoms in total. The van der Waals surface area contributed by atoms with E-state index in [0.29, 0.717) is 17.3 Å². The molecule has 0 atom stereocenters. The molecule has 88 valence electrons. The summed E-state index contributed by atoms with van der Waals surface area (Å²) in [4.78, 5) is 0. The van der Waals surface area contributed by atoms with Gasteiger partial charge in [0.05, 0.1) is 12.7 Å². The average Bonchev–Trinajstić information content (AvgIpc) is 2.78. The number of halogens is 1. The molecule has 0 spiro atoms. The fourth-order valence-electron chi connectivity index (χ4n) is 1.49. The number of hydrogen-bond donors (Lipinski definition) is 1. The Hall–Kier alpha value is -1.75. The molecule has 0 unspecified atom stereocenters. The van der Waals surface area contributed by atoms with Gasteiger partial charge in [-0.1, -0.05) is 21.1 Å². The number of nitrogens with zero attached hydrogens (tertiary/aromatic N) is 1. The Morgan fingerprint density at radius 1 is 1.35 bits per heavy atom. The Balaban J connectivity index is 2.44. The van der Waals surface area contributed by atoms with E-state index in [1.54, 1.807) is 19.2 Å². The first kappa shape index (κ1) is 11.7. The average molecular weight is 296 g/mol. The van der Waals surface area contributed by atoms with Crippen molar-refractivity contribution >= 4 is 22.1 Å². The van der Waals surface area contributed by atoms with Crippen LogP contribution in [0, 0.1) is 0 Å². The van der Waals surface area contributed by atoms with Crippen molar-refractivity contribution in [2.24, 2.45) is 5.16 Å². The van der Waals surface area contributed by atoms with Crippen LogP contribution in [0.15, 0.2) is 44.4 Å². The quantitative estimate of drug-likeness (QED) is 0.535. The highest BCUT2D eigenvalue weighted by Crippen LogP contribution is 2.33. The van der Waals surface area contributed by atoms with Gasteiger partial charge in [-0.25, -0.2) is 0 Å². The zero-order valence-electron chi connectivity index (χ0n) is 9.05. The van der Waals surface area contributed by atoms with Gasteiger partial charge in [0, 0.05) is 4.47 Å². The molecule has 0 saturated heterocycles. The highest BCUT2D eigenvalue weighted by molar-refractivity contribution is 9.10. The maximum Gasteiger partial charge on any atom is 0.149 e. The van der Waals surface area contributed by atoms with Gasteiger partial charge in [0.2, 0.25) is 0 Å². The zero-order chi connectivity index (χ0) is 12.3. The van der Waals surface area contributed by atoms with E-state index in [2.05, 4.69) is 21.1 Å². The molecule has 0 aliphatic carbocycles. The lowest BCUT2D eigenvalue weighted by Gasteiger charge is -2.06. The summed E-state index contributed by atoms with van der Waals surface area (Å²) < 4.78 is 11.7. The van der Waals surface area contributed by atoms with Crippen LogP contribution in [0.5, 0.6) is 5.75 Å². The number of ether oxygens (including phenoxy) is 1. The normalized spacial score (nSPS) is 10.9. The van der Waals surface area contributed by atoms with Gasteiger partial charge >= 0.3 is 0 Å². The van der Waals surface area contributed by atoms with E-state index in [9.17, 15) is 0 Å². The van der Waals surface area contributed by atoms with Crippen LogP contribution in [0.4, 0.5) is 0 Å². The third-order valence-corrected chi connectivity index (χ3v) is 2.73. The monoisotopic (exact) mass is 295 g/mol. The number of methoxy groups -OCH3 is 1. The van der Waals surface area contributed by atoms with E-state index >= 15 is 0 Å². The van der Waals surface area contributed by atoms with Crippen molar-refractivity contribution in [3.63, 3.8) is 0 Å². The minimum Gasteiger partial charge on any atom is -0.496 e. The molecule has 0 radical (unpaired) electrons. The first-order valence-corrected chi connectivity index (χ1v) is 5.65. The summed E-state index contributed by atoms with van der Waals surface area (Å²) >= 11 is 3.37. The smallest absolute Gasteiger partial charge is 0.149 e. The molecule has 0 bridgehead atoms. The van der Waals surface area contributed by atoms with Gasteiger partial charge in [0.25, 0.3) is 0 Å². The van der Waals surface area contributed by atoms with Crippen LogP contribution in [0.3, 0.4) is 0 Å². The molecule has 5 heteroatoms. The second-order valence-electron chi connectivity index (χ2n) is 3.29. The molecule has 0 saturated carbocycles. The molecule has 1 aromatic carbocycles. The van der Waals surface area contributed by atoms with E-state index in [0.717, 1.165) is 10.0 Å². The van der Waals surface area contributed by atoms with Crippen molar-refractivity contribution in [3.05, 3.63) is 40.6 Å². The summed E-state index contributed by atoms with van der Waals surface area (Å²) in [6, 6.07) is 9.17. The van der Waals surface area contributed by atoms with Gasteiger partial charge in [0.15, 0.2) is 0 Å². The van der Waals surface area contributed by atoms with Crippen molar-refractivity contribution in [3.8, 4) is 17.1 Å². The second kappa shape index (κ2) is 5.05. The molecule has 0 amide bonds. The van der Waals surface area contributed by atoms with Gasteiger partial charge in [-0.15, -0.1) is 0 Å². The lowest BCUT2D eigenvalue weighted by molar-refractivity contribution is 0.321. The third-order valence-electron chi connectivity index (χ3n) is 2.24. The predicted molar refractivity (Wildman–Crippen MR) is 67.8 cm³/mol. The number of hydrogen-bond acceptors (Lipinski definition) is 4. The third kappa shape index (κ3) is 2.50. The van der Waals surface area contributed by atoms with Crippen LogP contribution >= 0.6 is 15.9 Å². The van der Waals surface area contributed by atoms with E-state index in [-0.39, 0.29) is 0 Å². The van der Waals surface area contributed by atoms with Crippen molar-refractivity contribution in [1.82, 2.24) is 0 Å². The lowest BCUT2D eigenvalue weighted by atomic mass is 10.1. The molecule has 1 heterocycles. The molecule has 2 rings (SSSR count). The lowest BCUT2D eigenvalue weighted by Crippen LogP contribution is -1.86. The molecule has 2 aromatic rings. The van der Waals surface area contributed by atoms with Crippen LogP contribution in [0.25, 0.3) is 11.3 Å². The summed E-state index contributed by atoms with van der Waals surface area (Å²) in [6.07, 6.45) is 1.23. The Morgan fingerprint density at radius 2 is 2.18 bits per heavy atom. The standard InChI is InChI=1S/C12H10BrNO3/c1-16-12-6-8(13)2-4-10(12)11-5-3-9(17-11)7-14-15/h2-7,15H,1H3/b14-7-. The van der Waals surface area contributed by atoms with Gasteiger partial charge < -0.3 is 14.4 Å². The van der Waals surface area contributed by atoms with Crippen molar-refractivity contribution in [2.45, 2.75) is 0 Å². The van der Waals surface area contributed by atoms with Gasteiger partial charge in [0.1, 0.15) is 23.5 Å². The number of rotatable bonds is 3. The molecule has 1 N–H and O–H groups in total. The molecule has 0 fully saturated rings. The summed E-state index contributed by atoms with van der Waals surface area (Å²) in [5.74, 6) is 1.85. The summed E-state index contributed by atoms with van der Waals surface area (Å²) in [7, 11) is 1.60.